The third-order valence-corrected chi connectivity index (χ3v) is 3.28. The van der Waals surface area contributed by atoms with Gasteiger partial charge in [-0.2, -0.15) is 0 Å². The molecular formula is C17H19F2NO. The molecule has 0 fully saturated rings. The normalized spacial score (nSPS) is 10.7. The zero-order valence-corrected chi connectivity index (χ0v) is 12.2. The van der Waals surface area contributed by atoms with Crippen LogP contribution in [0.15, 0.2) is 36.4 Å². The number of rotatable bonds is 6. The van der Waals surface area contributed by atoms with E-state index in [0.717, 1.165) is 13.0 Å². The van der Waals surface area contributed by atoms with Crippen LogP contribution in [0.1, 0.15) is 18.9 Å². The van der Waals surface area contributed by atoms with Gasteiger partial charge in [0.05, 0.1) is 7.11 Å². The number of benzene rings is 2. The molecule has 0 aliphatic rings. The predicted octanol–water partition coefficient (Wildman–Crippen LogP) is 4.14. The van der Waals surface area contributed by atoms with Crippen molar-refractivity contribution in [1.29, 1.82) is 0 Å². The fraction of sp³-hybridized carbons (Fsp3) is 0.294. The maximum Gasteiger partial charge on any atom is 0.134 e. The molecule has 0 atom stereocenters. The van der Waals surface area contributed by atoms with Gasteiger partial charge in [0.1, 0.15) is 17.4 Å². The van der Waals surface area contributed by atoms with Crippen molar-refractivity contribution in [2.24, 2.45) is 0 Å². The smallest absolute Gasteiger partial charge is 0.134 e. The van der Waals surface area contributed by atoms with Crippen LogP contribution in [-0.4, -0.2) is 13.7 Å². The van der Waals surface area contributed by atoms with E-state index in [0.29, 0.717) is 29.0 Å². The van der Waals surface area contributed by atoms with Gasteiger partial charge in [0, 0.05) is 23.7 Å². The Bertz CT molecular complexity index is 614. The van der Waals surface area contributed by atoms with Crippen LogP contribution < -0.4 is 10.1 Å². The highest BCUT2D eigenvalue weighted by atomic mass is 19.1. The molecule has 21 heavy (non-hydrogen) atoms. The second-order valence-corrected chi connectivity index (χ2v) is 4.83. The predicted molar refractivity (Wildman–Crippen MR) is 80.3 cm³/mol. The molecule has 0 spiro atoms. The van der Waals surface area contributed by atoms with Gasteiger partial charge in [0.2, 0.25) is 0 Å². The number of hydrogen-bond acceptors (Lipinski definition) is 2. The first-order chi connectivity index (χ1) is 10.2. The van der Waals surface area contributed by atoms with Crippen molar-refractivity contribution in [3.8, 4) is 16.9 Å². The Balaban J connectivity index is 2.23. The van der Waals surface area contributed by atoms with Crippen LogP contribution in [0, 0.1) is 11.6 Å². The van der Waals surface area contributed by atoms with E-state index in [1.807, 2.05) is 0 Å². The molecule has 0 aliphatic heterocycles. The van der Waals surface area contributed by atoms with Gasteiger partial charge in [-0.1, -0.05) is 19.1 Å². The van der Waals surface area contributed by atoms with Gasteiger partial charge in [-0.25, -0.2) is 8.78 Å². The van der Waals surface area contributed by atoms with Crippen molar-refractivity contribution in [1.82, 2.24) is 5.32 Å². The van der Waals surface area contributed by atoms with E-state index in [-0.39, 0.29) is 5.82 Å². The number of hydrogen-bond donors (Lipinski definition) is 1. The first kappa shape index (κ1) is 15.4. The number of ether oxygens (including phenoxy) is 1. The standard InChI is InChI=1S/C17H19F2NO/c1-3-8-20-11-13-5-4-12(9-16(13)18)15-7-6-14(21-2)10-17(15)19/h4-7,9-10,20H,3,8,11H2,1-2H3. The van der Waals surface area contributed by atoms with Gasteiger partial charge in [-0.05, 0) is 36.7 Å². The van der Waals surface area contributed by atoms with Crippen molar-refractivity contribution < 1.29 is 13.5 Å². The molecule has 2 nitrogen and oxygen atoms in total. The maximum absolute atomic E-state index is 14.1. The second-order valence-electron chi connectivity index (χ2n) is 4.83. The van der Waals surface area contributed by atoms with Crippen LogP contribution in [0.25, 0.3) is 11.1 Å². The highest BCUT2D eigenvalue weighted by Gasteiger charge is 2.09. The molecule has 0 saturated carbocycles. The van der Waals surface area contributed by atoms with Crippen molar-refractivity contribution >= 4 is 0 Å². The van der Waals surface area contributed by atoms with Crippen LogP contribution in [-0.2, 0) is 6.54 Å². The highest BCUT2D eigenvalue weighted by Crippen LogP contribution is 2.27. The van der Waals surface area contributed by atoms with Gasteiger partial charge in [0.15, 0.2) is 0 Å². The first-order valence-electron chi connectivity index (χ1n) is 6.98. The number of methoxy groups -OCH3 is 1. The monoisotopic (exact) mass is 291 g/mol. The van der Waals surface area contributed by atoms with Gasteiger partial charge in [-0.3, -0.25) is 0 Å². The lowest BCUT2D eigenvalue weighted by atomic mass is 10.0. The molecule has 0 radical (unpaired) electrons. The molecule has 1 N–H and O–H groups in total. The van der Waals surface area contributed by atoms with Crippen LogP contribution in [0.5, 0.6) is 5.75 Å². The maximum atomic E-state index is 14.1. The zero-order chi connectivity index (χ0) is 15.2. The summed E-state index contributed by atoms with van der Waals surface area (Å²) in [6.45, 7) is 3.37. The minimum atomic E-state index is -0.425. The van der Waals surface area contributed by atoms with E-state index >= 15 is 0 Å². The lowest BCUT2D eigenvalue weighted by molar-refractivity contribution is 0.411. The summed E-state index contributed by atoms with van der Waals surface area (Å²) in [7, 11) is 1.48. The average molecular weight is 291 g/mol. The average Bonchev–Trinajstić information content (AvgIpc) is 2.49. The van der Waals surface area contributed by atoms with E-state index in [4.69, 9.17) is 4.74 Å². The molecule has 112 valence electrons. The van der Waals surface area contributed by atoms with Crippen LogP contribution in [0.4, 0.5) is 8.78 Å². The van der Waals surface area contributed by atoms with Gasteiger partial charge in [-0.15, -0.1) is 0 Å². The van der Waals surface area contributed by atoms with E-state index in [1.54, 1.807) is 24.3 Å². The van der Waals surface area contributed by atoms with Crippen LogP contribution >= 0.6 is 0 Å². The van der Waals surface area contributed by atoms with Crippen molar-refractivity contribution in [2.45, 2.75) is 19.9 Å². The molecule has 0 bridgehead atoms. The van der Waals surface area contributed by atoms with Crippen molar-refractivity contribution in [2.75, 3.05) is 13.7 Å². The van der Waals surface area contributed by atoms with E-state index in [9.17, 15) is 8.78 Å². The largest absolute Gasteiger partial charge is 0.497 e. The Labute approximate surface area is 123 Å². The quantitative estimate of drug-likeness (QED) is 0.808. The first-order valence-corrected chi connectivity index (χ1v) is 6.98. The summed E-state index contributed by atoms with van der Waals surface area (Å²) in [6.07, 6.45) is 0.997. The van der Waals surface area contributed by atoms with Crippen LogP contribution in [0.2, 0.25) is 0 Å². The Kier molecular flexibility index (Phi) is 5.28. The zero-order valence-electron chi connectivity index (χ0n) is 12.2. The molecule has 2 rings (SSSR count). The summed E-state index contributed by atoms with van der Waals surface area (Å²) >= 11 is 0. The molecule has 0 unspecified atom stereocenters. The molecular weight excluding hydrogens is 272 g/mol. The van der Waals surface area contributed by atoms with Gasteiger partial charge in [0.25, 0.3) is 0 Å². The molecule has 2 aromatic rings. The lowest BCUT2D eigenvalue weighted by Crippen LogP contribution is -2.14. The third kappa shape index (κ3) is 3.79. The molecule has 4 heteroatoms. The van der Waals surface area contributed by atoms with Gasteiger partial charge < -0.3 is 10.1 Å². The minimum Gasteiger partial charge on any atom is -0.497 e. The lowest BCUT2D eigenvalue weighted by Gasteiger charge is -2.09. The topological polar surface area (TPSA) is 21.3 Å². The molecule has 0 heterocycles. The summed E-state index contributed by atoms with van der Waals surface area (Å²) < 4.78 is 33.0. The Morgan fingerprint density at radius 2 is 1.86 bits per heavy atom. The van der Waals surface area contributed by atoms with Crippen molar-refractivity contribution in [3.63, 3.8) is 0 Å². The number of halogens is 2. The summed E-state index contributed by atoms with van der Waals surface area (Å²) in [5.74, 6) is -0.311. The summed E-state index contributed by atoms with van der Waals surface area (Å²) in [5, 5.41) is 3.15. The third-order valence-electron chi connectivity index (χ3n) is 3.28. The summed E-state index contributed by atoms with van der Waals surface area (Å²) in [5.41, 5.74) is 1.47. The van der Waals surface area contributed by atoms with Crippen molar-refractivity contribution in [3.05, 3.63) is 53.6 Å². The molecule has 0 aliphatic carbocycles. The van der Waals surface area contributed by atoms with E-state index in [2.05, 4.69) is 12.2 Å². The van der Waals surface area contributed by atoms with E-state index < -0.39 is 5.82 Å². The minimum absolute atomic E-state index is 0.327. The molecule has 0 saturated heterocycles. The molecule has 2 aromatic carbocycles. The fourth-order valence-corrected chi connectivity index (χ4v) is 2.11. The van der Waals surface area contributed by atoms with Gasteiger partial charge >= 0.3 is 0 Å². The Morgan fingerprint density at radius 1 is 1.05 bits per heavy atom. The Morgan fingerprint density at radius 3 is 2.48 bits per heavy atom. The molecule has 0 amide bonds. The summed E-state index contributed by atoms with van der Waals surface area (Å²) in [4.78, 5) is 0. The number of nitrogens with one attached hydrogen (secondary N) is 1. The van der Waals surface area contributed by atoms with Crippen LogP contribution in [0.3, 0.4) is 0 Å². The second kappa shape index (κ2) is 7.18. The fourth-order valence-electron chi connectivity index (χ4n) is 2.11. The summed E-state index contributed by atoms with van der Waals surface area (Å²) in [6, 6.07) is 9.34. The Hall–Kier alpha value is -1.94. The van der Waals surface area contributed by atoms with E-state index in [1.165, 1.54) is 19.2 Å². The highest BCUT2D eigenvalue weighted by molar-refractivity contribution is 5.65. The molecule has 0 aromatic heterocycles. The SMILES string of the molecule is CCCNCc1ccc(-c2ccc(OC)cc2F)cc1F.